The maximum absolute atomic E-state index is 11.2. The molecule has 2 heterocycles. The SMILES string of the molecule is CC(C)c1nc(N2CCC(C)(C)C2)sc1C(=O)O. The summed E-state index contributed by atoms with van der Waals surface area (Å²) in [6, 6.07) is 0. The highest BCUT2D eigenvalue weighted by molar-refractivity contribution is 7.17. The molecule has 0 atom stereocenters. The molecule has 4 nitrogen and oxygen atoms in total. The predicted octanol–water partition coefficient (Wildman–Crippen LogP) is 3.20. The van der Waals surface area contributed by atoms with Crippen LogP contribution in [-0.4, -0.2) is 29.1 Å². The number of aromatic nitrogens is 1. The molecule has 0 unspecified atom stereocenters. The molecule has 0 aromatic carbocycles. The van der Waals surface area contributed by atoms with Gasteiger partial charge in [0.15, 0.2) is 5.13 Å². The van der Waals surface area contributed by atoms with Crippen molar-refractivity contribution < 1.29 is 9.90 Å². The zero-order valence-electron chi connectivity index (χ0n) is 11.4. The van der Waals surface area contributed by atoms with Crippen LogP contribution in [0.3, 0.4) is 0 Å². The number of carbonyl (C=O) groups is 1. The molecule has 100 valence electrons. The average Bonchev–Trinajstić information content (AvgIpc) is 2.80. The summed E-state index contributed by atoms with van der Waals surface area (Å²) in [4.78, 5) is 18.4. The summed E-state index contributed by atoms with van der Waals surface area (Å²) >= 11 is 1.31. The average molecular weight is 268 g/mol. The van der Waals surface area contributed by atoms with Crippen molar-refractivity contribution in [2.75, 3.05) is 18.0 Å². The van der Waals surface area contributed by atoms with Crippen molar-refractivity contribution in [3.05, 3.63) is 10.6 Å². The predicted molar refractivity (Wildman–Crippen MR) is 73.8 cm³/mol. The lowest BCUT2D eigenvalue weighted by Crippen LogP contribution is -2.22. The lowest BCUT2D eigenvalue weighted by molar-refractivity contribution is 0.0700. The van der Waals surface area contributed by atoms with E-state index in [0.29, 0.717) is 16.0 Å². The standard InChI is InChI=1S/C13H20N2O2S/c1-8(2)9-10(11(16)17)18-12(14-9)15-6-5-13(3,4)7-15/h8H,5-7H2,1-4H3,(H,16,17). The van der Waals surface area contributed by atoms with Gasteiger partial charge in [-0.15, -0.1) is 0 Å². The van der Waals surface area contributed by atoms with Gasteiger partial charge >= 0.3 is 5.97 Å². The van der Waals surface area contributed by atoms with Gasteiger partial charge in [0.05, 0.1) is 5.69 Å². The van der Waals surface area contributed by atoms with Crippen LogP contribution in [0.4, 0.5) is 5.13 Å². The Morgan fingerprint density at radius 2 is 2.17 bits per heavy atom. The Kier molecular flexibility index (Phi) is 3.36. The molecular weight excluding hydrogens is 248 g/mol. The van der Waals surface area contributed by atoms with Gasteiger partial charge in [0.1, 0.15) is 4.88 Å². The molecule has 0 aliphatic carbocycles. The molecule has 1 N–H and O–H groups in total. The second-order valence-corrected chi connectivity index (χ2v) is 6.98. The highest BCUT2D eigenvalue weighted by Crippen LogP contribution is 2.37. The highest BCUT2D eigenvalue weighted by Gasteiger charge is 2.32. The van der Waals surface area contributed by atoms with Crippen LogP contribution in [-0.2, 0) is 0 Å². The van der Waals surface area contributed by atoms with Gasteiger partial charge in [-0.1, -0.05) is 39.0 Å². The molecule has 1 aromatic heterocycles. The molecule has 5 heteroatoms. The van der Waals surface area contributed by atoms with Crippen LogP contribution in [0.1, 0.15) is 55.4 Å². The minimum Gasteiger partial charge on any atom is -0.477 e. The molecule has 0 amide bonds. The van der Waals surface area contributed by atoms with Crippen molar-refractivity contribution in [3.63, 3.8) is 0 Å². The Morgan fingerprint density at radius 1 is 1.50 bits per heavy atom. The molecule has 0 bridgehead atoms. The van der Waals surface area contributed by atoms with Crippen LogP contribution >= 0.6 is 11.3 Å². The van der Waals surface area contributed by atoms with E-state index in [1.165, 1.54) is 11.3 Å². The summed E-state index contributed by atoms with van der Waals surface area (Å²) in [5.41, 5.74) is 1.01. The Morgan fingerprint density at radius 3 is 2.56 bits per heavy atom. The summed E-state index contributed by atoms with van der Waals surface area (Å²) in [7, 11) is 0. The number of hydrogen-bond acceptors (Lipinski definition) is 4. The van der Waals surface area contributed by atoms with E-state index in [0.717, 1.165) is 24.6 Å². The van der Waals surface area contributed by atoms with Crippen molar-refractivity contribution in [2.24, 2.45) is 5.41 Å². The van der Waals surface area contributed by atoms with E-state index < -0.39 is 5.97 Å². The second-order valence-electron chi connectivity index (χ2n) is 6.01. The van der Waals surface area contributed by atoms with E-state index in [1.807, 2.05) is 13.8 Å². The van der Waals surface area contributed by atoms with E-state index in [9.17, 15) is 9.90 Å². The quantitative estimate of drug-likeness (QED) is 0.914. The third-order valence-electron chi connectivity index (χ3n) is 3.33. The van der Waals surface area contributed by atoms with Crippen molar-refractivity contribution in [2.45, 2.75) is 40.0 Å². The first kappa shape index (κ1) is 13.3. The van der Waals surface area contributed by atoms with Crippen LogP contribution in [0.2, 0.25) is 0 Å². The molecule has 0 spiro atoms. The second kappa shape index (κ2) is 4.53. The fourth-order valence-electron chi connectivity index (χ4n) is 2.28. The molecule has 1 aliphatic heterocycles. The molecule has 2 rings (SSSR count). The summed E-state index contributed by atoms with van der Waals surface area (Å²) in [6.07, 6.45) is 1.13. The number of thiazole rings is 1. The van der Waals surface area contributed by atoms with Gasteiger partial charge in [-0.25, -0.2) is 9.78 Å². The van der Waals surface area contributed by atoms with E-state index in [-0.39, 0.29) is 5.92 Å². The van der Waals surface area contributed by atoms with E-state index in [4.69, 9.17) is 0 Å². The van der Waals surface area contributed by atoms with Crippen LogP contribution in [0.15, 0.2) is 0 Å². The number of hydrogen-bond donors (Lipinski definition) is 1. The molecule has 1 fully saturated rings. The zero-order valence-corrected chi connectivity index (χ0v) is 12.2. The van der Waals surface area contributed by atoms with Gasteiger partial charge in [0, 0.05) is 13.1 Å². The normalized spacial score (nSPS) is 18.6. The molecule has 0 radical (unpaired) electrons. The first-order valence-electron chi connectivity index (χ1n) is 6.29. The smallest absolute Gasteiger partial charge is 0.347 e. The molecule has 18 heavy (non-hydrogen) atoms. The number of carboxylic acid groups (broad SMARTS) is 1. The lowest BCUT2D eigenvalue weighted by atomic mass is 9.93. The lowest BCUT2D eigenvalue weighted by Gasteiger charge is -2.18. The first-order valence-corrected chi connectivity index (χ1v) is 7.11. The molecular formula is C13H20N2O2S. The van der Waals surface area contributed by atoms with E-state index >= 15 is 0 Å². The highest BCUT2D eigenvalue weighted by atomic mass is 32.1. The number of anilines is 1. The Balaban J connectivity index is 2.30. The topological polar surface area (TPSA) is 53.4 Å². The summed E-state index contributed by atoms with van der Waals surface area (Å²) in [5.74, 6) is -0.711. The fraction of sp³-hybridized carbons (Fsp3) is 0.692. The van der Waals surface area contributed by atoms with Crippen LogP contribution in [0, 0.1) is 5.41 Å². The Labute approximate surface area is 112 Å². The molecule has 1 aromatic rings. The van der Waals surface area contributed by atoms with Crippen LogP contribution < -0.4 is 4.90 Å². The monoisotopic (exact) mass is 268 g/mol. The van der Waals surface area contributed by atoms with Crippen LogP contribution in [0.25, 0.3) is 0 Å². The van der Waals surface area contributed by atoms with Gasteiger partial charge < -0.3 is 10.0 Å². The summed E-state index contributed by atoms with van der Waals surface area (Å²) in [5, 5.41) is 10.1. The van der Waals surface area contributed by atoms with E-state index in [1.54, 1.807) is 0 Å². The zero-order chi connectivity index (χ0) is 13.5. The van der Waals surface area contributed by atoms with Crippen LogP contribution in [0.5, 0.6) is 0 Å². The minimum atomic E-state index is -0.860. The minimum absolute atomic E-state index is 0.150. The van der Waals surface area contributed by atoms with Crippen molar-refractivity contribution in [3.8, 4) is 0 Å². The van der Waals surface area contributed by atoms with Gasteiger partial charge in [0.25, 0.3) is 0 Å². The van der Waals surface area contributed by atoms with Gasteiger partial charge in [-0.2, -0.15) is 0 Å². The van der Waals surface area contributed by atoms with Crippen molar-refractivity contribution >= 4 is 22.4 Å². The molecule has 1 saturated heterocycles. The number of nitrogens with zero attached hydrogens (tertiary/aromatic N) is 2. The van der Waals surface area contributed by atoms with Gasteiger partial charge in [-0.05, 0) is 17.8 Å². The number of carboxylic acids is 1. The largest absolute Gasteiger partial charge is 0.477 e. The fourth-order valence-corrected chi connectivity index (χ4v) is 3.36. The maximum Gasteiger partial charge on any atom is 0.347 e. The summed E-state index contributed by atoms with van der Waals surface area (Å²) < 4.78 is 0. The Bertz CT molecular complexity index is 466. The van der Waals surface area contributed by atoms with Gasteiger partial charge in [0.2, 0.25) is 0 Å². The third kappa shape index (κ3) is 2.51. The van der Waals surface area contributed by atoms with E-state index in [2.05, 4.69) is 23.7 Å². The van der Waals surface area contributed by atoms with Gasteiger partial charge in [-0.3, -0.25) is 0 Å². The first-order chi connectivity index (χ1) is 8.30. The third-order valence-corrected chi connectivity index (χ3v) is 4.45. The van der Waals surface area contributed by atoms with Crippen molar-refractivity contribution in [1.29, 1.82) is 0 Å². The molecule has 0 saturated carbocycles. The Hall–Kier alpha value is -1.10. The summed E-state index contributed by atoms with van der Waals surface area (Å²) in [6.45, 7) is 10.4. The number of aromatic carboxylic acids is 1. The van der Waals surface area contributed by atoms with Crippen molar-refractivity contribution in [1.82, 2.24) is 4.98 Å². The number of rotatable bonds is 3. The molecule has 1 aliphatic rings. The maximum atomic E-state index is 11.2.